The number of nitrogens with zero attached hydrogens (tertiary/aromatic N) is 2. The third-order valence-electron chi connectivity index (χ3n) is 6.29. The summed E-state index contributed by atoms with van der Waals surface area (Å²) in [6.45, 7) is 0. The number of hydrogen-bond donors (Lipinski definition) is 2. The highest BCUT2D eigenvalue weighted by Crippen LogP contribution is 2.53. The molecule has 0 spiro atoms. The number of carbonyl (C=O) groups excluding carboxylic acids is 1. The number of amidine groups is 1. The van der Waals surface area contributed by atoms with Crippen LogP contribution in [0.25, 0.3) is 11.1 Å². The Hall–Kier alpha value is -4.86. The molecule has 3 N–H and O–H groups in total. The summed E-state index contributed by atoms with van der Waals surface area (Å²) in [5.41, 5.74) is 6.56. The largest absolute Gasteiger partial charge is 0.507 e. The van der Waals surface area contributed by atoms with Crippen molar-refractivity contribution < 1.29 is 32.5 Å². The van der Waals surface area contributed by atoms with Crippen LogP contribution in [0.2, 0.25) is 0 Å². The first-order chi connectivity index (χ1) is 18.2. The van der Waals surface area contributed by atoms with Gasteiger partial charge in [0.25, 0.3) is 0 Å². The molecule has 192 valence electrons. The van der Waals surface area contributed by atoms with Gasteiger partial charge in [0.1, 0.15) is 28.6 Å². The zero-order valence-electron chi connectivity index (χ0n) is 19.9. The number of halogens is 3. The molecule has 1 unspecified atom stereocenters. The number of nitrogens with two attached hydrogens (primary N) is 1. The van der Waals surface area contributed by atoms with Crippen LogP contribution in [0, 0.1) is 0 Å². The molecule has 1 aliphatic rings. The van der Waals surface area contributed by atoms with Gasteiger partial charge in [0, 0.05) is 29.1 Å². The van der Waals surface area contributed by atoms with Crippen molar-refractivity contribution in [3.05, 3.63) is 107 Å². The van der Waals surface area contributed by atoms with E-state index in [2.05, 4.69) is 4.98 Å². The summed E-state index contributed by atoms with van der Waals surface area (Å²) < 4.78 is 50.7. The van der Waals surface area contributed by atoms with Crippen molar-refractivity contribution in [1.82, 2.24) is 4.98 Å². The molecule has 0 aliphatic carbocycles. The standard InChI is InChI=1S/C28H20F3N3O4/c1-37-18-10-8-17(9-11-18)27(20-7-3-2-6-19(20)25(32)34-27)21-12-13-22(35)23(16-5-4-14-33-15-16)24(21)38-26(36)28(29,30)31/h2-15,35H,1H3,(H2,32,34). The molecule has 3 aromatic carbocycles. The number of fused-ring (bicyclic) bond motifs is 1. The van der Waals surface area contributed by atoms with Crippen molar-refractivity contribution in [1.29, 1.82) is 0 Å². The van der Waals surface area contributed by atoms with Crippen LogP contribution in [0.15, 0.2) is 90.2 Å². The van der Waals surface area contributed by atoms with Crippen LogP contribution in [-0.4, -0.2) is 35.2 Å². The molecule has 0 radical (unpaired) electrons. The quantitative estimate of drug-likeness (QED) is 0.286. The van der Waals surface area contributed by atoms with Crippen LogP contribution >= 0.6 is 0 Å². The minimum atomic E-state index is -5.31. The lowest BCUT2D eigenvalue weighted by molar-refractivity contribution is -0.189. The molecule has 2 heterocycles. The van der Waals surface area contributed by atoms with E-state index in [1.165, 1.54) is 43.8 Å². The van der Waals surface area contributed by atoms with Gasteiger partial charge in [0.15, 0.2) is 0 Å². The number of phenolic OH excluding ortho intramolecular Hbond substituents is 1. The van der Waals surface area contributed by atoms with Gasteiger partial charge in [-0.05, 0) is 41.5 Å². The summed E-state index contributed by atoms with van der Waals surface area (Å²) in [7, 11) is 1.50. The highest BCUT2D eigenvalue weighted by molar-refractivity contribution is 6.03. The Balaban J connectivity index is 1.89. The van der Waals surface area contributed by atoms with Crippen LogP contribution in [0.5, 0.6) is 17.2 Å². The number of hydrogen-bond acceptors (Lipinski definition) is 7. The second kappa shape index (κ2) is 9.22. The fraction of sp³-hybridized carbons (Fsp3) is 0.107. The Bertz CT molecular complexity index is 1550. The molecule has 1 aliphatic heterocycles. The summed E-state index contributed by atoms with van der Waals surface area (Å²) in [4.78, 5) is 21.0. The fourth-order valence-electron chi connectivity index (χ4n) is 4.64. The first-order valence-corrected chi connectivity index (χ1v) is 11.3. The number of rotatable bonds is 5. The van der Waals surface area contributed by atoms with E-state index in [4.69, 9.17) is 20.2 Å². The molecule has 5 rings (SSSR count). The lowest BCUT2D eigenvalue weighted by Crippen LogP contribution is -2.31. The third kappa shape index (κ3) is 4.00. The van der Waals surface area contributed by atoms with Gasteiger partial charge in [-0.2, -0.15) is 13.2 Å². The summed E-state index contributed by atoms with van der Waals surface area (Å²) in [6.07, 6.45) is -2.51. The van der Waals surface area contributed by atoms with E-state index in [0.29, 0.717) is 22.4 Å². The number of aliphatic imine (C=N–C) groups is 1. The summed E-state index contributed by atoms with van der Waals surface area (Å²) in [6, 6.07) is 19.5. The Morgan fingerprint density at radius 3 is 2.37 bits per heavy atom. The van der Waals surface area contributed by atoms with E-state index in [9.17, 15) is 23.1 Å². The molecule has 1 aromatic heterocycles. The lowest BCUT2D eigenvalue weighted by atomic mass is 9.76. The maximum atomic E-state index is 13.5. The number of pyridine rings is 1. The topological polar surface area (TPSA) is 107 Å². The number of phenols is 1. The maximum Gasteiger partial charge on any atom is 0.491 e. The minimum absolute atomic E-state index is 0.0600. The second-order valence-corrected chi connectivity index (χ2v) is 8.45. The van der Waals surface area contributed by atoms with Gasteiger partial charge in [-0.15, -0.1) is 0 Å². The monoisotopic (exact) mass is 519 g/mol. The molecule has 0 saturated carbocycles. The molecule has 0 amide bonds. The van der Waals surface area contributed by atoms with E-state index >= 15 is 0 Å². The predicted molar refractivity (Wildman–Crippen MR) is 133 cm³/mol. The minimum Gasteiger partial charge on any atom is -0.507 e. The predicted octanol–water partition coefficient (Wildman–Crippen LogP) is 4.94. The molecular weight excluding hydrogens is 499 g/mol. The molecule has 7 nitrogen and oxygen atoms in total. The summed E-state index contributed by atoms with van der Waals surface area (Å²) in [5.74, 6) is -2.72. The van der Waals surface area contributed by atoms with Crippen LogP contribution < -0.4 is 15.2 Å². The van der Waals surface area contributed by atoms with Crippen LogP contribution in [0.1, 0.15) is 22.3 Å². The van der Waals surface area contributed by atoms with E-state index in [0.717, 1.165) is 0 Å². The number of carbonyl (C=O) groups is 1. The van der Waals surface area contributed by atoms with E-state index < -0.39 is 29.2 Å². The Labute approximate surface area is 215 Å². The fourth-order valence-corrected chi connectivity index (χ4v) is 4.64. The molecule has 0 bridgehead atoms. The van der Waals surface area contributed by atoms with Gasteiger partial charge in [0.2, 0.25) is 0 Å². The van der Waals surface area contributed by atoms with Crippen LogP contribution in [0.3, 0.4) is 0 Å². The molecule has 0 fully saturated rings. The van der Waals surface area contributed by atoms with E-state index in [-0.39, 0.29) is 22.5 Å². The SMILES string of the molecule is COc1ccc(C2(c3ccc(O)c(-c4cccnc4)c3OC(=O)C(F)(F)F)N=C(N)c3ccccc32)cc1. The first-order valence-electron chi connectivity index (χ1n) is 11.3. The number of aromatic nitrogens is 1. The second-order valence-electron chi connectivity index (χ2n) is 8.45. The highest BCUT2D eigenvalue weighted by atomic mass is 19.4. The molecular formula is C28H20F3N3O4. The zero-order valence-corrected chi connectivity index (χ0v) is 19.9. The van der Waals surface area contributed by atoms with Crippen molar-refractivity contribution in [2.75, 3.05) is 7.11 Å². The normalized spacial score (nSPS) is 16.5. The average Bonchev–Trinajstić information content (AvgIpc) is 3.22. The van der Waals surface area contributed by atoms with Crippen molar-refractivity contribution in [2.45, 2.75) is 11.7 Å². The first kappa shape index (κ1) is 24.8. The number of esters is 1. The Morgan fingerprint density at radius 1 is 0.974 bits per heavy atom. The smallest absolute Gasteiger partial charge is 0.491 e. The van der Waals surface area contributed by atoms with Crippen molar-refractivity contribution >= 4 is 11.8 Å². The summed E-state index contributed by atoms with van der Waals surface area (Å²) >= 11 is 0. The van der Waals surface area contributed by atoms with Gasteiger partial charge in [0.05, 0.1) is 12.7 Å². The van der Waals surface area contributed by atoms with Crippen LogP contribution in [-0.2, 0) is 10.3 Å². The van der Waals surface area contributed by atoms with Gasteiger partial charge in [-0.3, -0.25) is 4.98 Å². The number of aromatic hydroxyl groups is 1. The molecule has 1 atom stereocenters. The molecule has 4 aromatic rings. The summed E-state index contributed by atoms with van der Waals surface area (Å²) in [5, 5.41) is 10.8. The lowest BCUT2D eigenvalue weighted by Gasteiger charge is -2.31. The maximum absolute atomic E-state index is 13.5. The molecule has 38 heavy (non-hydrogen) atoms. The van der Waals surface area contributed by atoms with Crippen molar-refractivity contribution in [2.24, 2.45) is 10.7 Å². The van der Waals surface area contributed by atoms with Crippen LogP contribution in [0.4, 0.5) is 13.2 Å². The number of methoxy groups -OCH3 is 1. The Kier molecular flexibility index (Phi) is 6.02. The van der Waals surface area contributed by atoms with E-state index in [1.807, 2.05) is 0 Å². The van der Waals surface area contributed by atoms with E-state index in [1.54, 1.807) is 48.5 Å². The van der Waals surface area contributed by atoms with Gasteiger partial charge >= 0.3 is 12.1 Å². The average molecular weight is 519 g/mol. The van der Waals surface area contributed by atoms with Crippen molar-refractivity contribution in [3.8, 4) is 28.4 Å². The number of ether oxygens (including phenoxy) is 2. The molecule has 10 heteroatoms. The zero-order chi connectivity index (χ0) is 27.1. The van der Waals surface area contributed by atoms with Crippen molar-refractivity contribution in [3.63, 3.8) is 0 Å². The molecule has 0 saturated heterocycles. The van der Waals surface area contributed by atoms with Gasteiger partial charge in [-0.25, -0.2) is 9.79 Å². The van der Waals surface area contributed by atoms with Gasteiger partial charge in [-0.1, -0.05) is 42.5 Å². The highest BCUT2D eigenvalue weighted by Gasteiger charge is 2.48. The third-order valence-corrected chi connectivity index (χ3v) is 6.29. The van der Waals surface area contributed by atoms with Gasteiger partial charge < -0.3 is 20.3 Å². The number of alkyl halides is 3. The number of benzene rings is 3. The Morgan fingerprint density at radius 2 is 1.71 bits per heavy atom.